The van der Waals surface area contributed by atoms with E-state index in [-0.39, 0.29) is 19.1 Å². The maximum absolute atomic E-state index is 12.5. The van der Waals surface area contributed by atoms with Gasteiger partial charge in [-0.15, -0.1) is 10.2 Å². The Morgan fingerprint density at radius 3 is 2.63 bits per heavy atom. The van der Waals surface area contributed by atoms with Crippen molar-refractivity contribution in [1.82, 2.24) is 25.4 Å². The minimum absolute atomic E-state index is 0.193. The van der Waals surface area contributed by atoms with Crippen molar-refractivity contribution in [3.63, 3.8) is 0 Å². The zero-order chi connectivity index (χ0) is 22.3. The summed E-state index contributed by atoms with van der Waals surface area (Å²) in [5.41, 5.74) is 6.20. The molecule has 1 unspecified atom stereocenters. The van der Waals surface area contributed by atoms with Crippen LogP contribution in [0.2, 0.25) is 0 Å². The van der Waals surface area contributed by atoms with Crippen molar-refractivity contribution < 1.29 is 19.1 Å². The molecule has 0 fully saturated rings. The lowest BCUT2D eigenvalue weighted by Crippen LogP contribution is -2.50. The number of carbonyl (C=O) groups excluding carboxylic acids is 3. The van der Waals surface area contributed by atoms with Crippen LogP contribution < -0.4 is 16.4 Å². The summed E-state index contributed by atoms with van der Waals surface area (Å²) in [4.78, 5) is 35.7. The predicted octanol–water partition coefficient (Wildman–Crippen LogP) is 1.35. The van der Waals surface area contributed by atoms with Gasteiger partial charge in [0.25, 0.3) is 0 Å². The molecule has 1 aliphatic heterocycles. The Hall–Kier alpha value is -2.56. The monoisotopic (exact) mass is 438 g/mol. The Kier molecular flexibility index (Phi) is 8.70. The van der Waals surface area contributed by atoms with Crippen LogP contribution in [0.25, 0.3) is 0 Å². The highest BCUT2D eigenvalue weighted by Crippen LogP contribution is 2.25. The third kappa shape index (κ3) is 6.22. The Bertz CT molecular complexity index is 820. The zero-order valence-electron chi connectivity index (χ0n) is 17.9. The number of hydrogen-bond acceptors (Lipinski definition) is 7. The number of thioether (sulfide) groups is 1. The minimum atomic E-state index is -0.446. The van der Waals surface area contributed by atoms with E-state index in [1.165, 1.54) is 11.8 Å². The van der Waals surface area contributed by atoms with Gasteiger partial charge in [0, 0.05) is 30.8 Å². The van der Waals surface area contributed by atoms with Crippen molar-refractivity contribution in [2.75, 3.05) is 12.4 Å². The second-order valence-electron chi connectivity index (χ2n) is 7.33. The van der Waals surface area contributed by atoms with Gasteiger partial charge in [0.1, 0.15) is 5.82 Å². The van der Waals surface area contributed by atoms with Crippen molar-refractivity contribution in [3.8, 4) is 0 Å². The molecule has 3 amide bonds. The van der Waals surface area contributed by atoms with E-state index in [4.69, 9.17) is 10.5 Å². The van der Waals surface area contributed by atoms with Crippen molar-refractivity contribution in [2.45, 2.75) is 64.7 Å². The first-order valence-corrected chi connectivity index (χ1v) is 11.1. The topological polar surface area (TPSA) is 141 Å². The number of rotatable bonds is 11. The van der Waals surface area contributed by atoms with Crippen LogP contribution in [0.4, 0.5) is 4.79 Å². The SMILES string of the molecule is CCOC(=O)C1=C(CSc2nnc(CCC(N)=O)n2CC(C)C)NC(=O)NC1CC. The maximum atomic E-state index is 12.5. The fourth-order valence-electron chi connectivity index (χ4n) is 3.11. The summed E-state index contributed by atoms with van der Waals surface area (Å²) in [6, 6.07) is -0.760. The summed E-state index contributed by atoms with van der Waals surface area (Å²) in [5, 5.41) is 14.6. The molecule has 0 spiro atoms. The van der Waals surface area contributed by atoms with Crippen molar-refractivity contribution in [2.24, 2.45) is 11.7 Å². The van der Waals surface area contributed by atoms with Crippen molar-refractivity contribution >= 4 is 29.7 Å². The predicted molar refractivity (Wildman–Crippen MR) is 113 cm³/mol. The Balaban J connectivity index is 2.28. The van der Waals surface area contributed by atoms with Gasteiger partial charge in [0.15, 0.2) is 5.16 Å². The molecule has 2 rings (SSSR count). The molecule has 30 heavy (non-hydrogen) atoms. The number of carbonyl (C=O) groups is 3. The van der Waals surface area contributed by atoms with Crippen LogP contribution in [0.15, 0.2) is 16.4 Å². The number of aryl methyl sites for hydroxylation is 1. The molecule has 2 heterocycles. The number of urea groups is 1. The molecule has 1 aromatic heterocycles. The first-order valence-electron chi connectivity index (χ1n) is 10.1. The van der Waals surface area contributed by atoms with E-state index in [0.717, 1.165) is 0 Å². The molecule has 0 bridgehead atoms. The number of nitrogens with one attached hydrogen (secondary N) is 2. The quantitative estimate of drug-likeness (QED) is 0.350. The summed E-state index contributed by atoms with van der Waals surface area (Å²) in [6.07, 6.45) is 1.17. The van der Waals surface area contributed by atoms with E-state index in [2.05, 4.69) is 34.7 Å². The molecule has 1 atom stereocenters. The molecule has 0 saturated heterocycles. The molecule has 0 aromatic carbocycles. The van der Waals surface area contributed by atoms with E-state index in [1.54, 1.807) is 6.92 Å². The van der Waals surface area contributed by atoms with E-state index >= 15 is 0 Å². The standard InChI is InChI=1S/C19H30N6O4S/c1-5-12-16(17(27)29-6-2)13(22-18(28)21-12)10-30-19-24-23-15(8-7-14(20)26)25(19)9-11(3)4/h11-12H,5-10H2,1-4H3,(H2,20,26)(H2,21,22,28). The van der Waals surface area contributed by atoms with Crippen LogP contribution in [0.3, 0.4) is 0 Å². The van der Waals surface area contributed by atoms with Crippen LogP contribution in [0, 0.1) is 5.92 Å². The lowest BCUT2D eigenvalue weighted by molar-refractivity contribution is -0.139. The number of ether oxygens (including phenoxy) is 1. The van der Waals surface area contributed by atoms with Gasteiger partial charge in [-0.3, -0.25) is 4.79 Å². The molecule has 11 heteroatoms. The Labute approximate surface area is 180 Å². The van der Waals surface area contributed by atoms with Crippen molar-refractivity contribution in [3.05, 3.63) is 17.1 Å². The van der Waals surface area contributed by atoms with Gasteiger partial charge < -0.3 is 25.7 Å². The van der Waals surface area contributed by atoms with E-state index in [1.807, 2.05) is 11.5 Å². The zero-order valence-corrected chi connectivity index (χ0v) is 18.7. The first kappa shape index (κ1) is 23.7. The molecular formula is C19H30N6O4S. The summed E-state index contributed by atoms with van der Waals surface area (Å²) < 4.78 is 7.15. The van der Waals surface area contributed by atoms with Crippen molar-refractivity contribution in [1.29, 1.82) is 0 Å². The number of nitrogens with zero attached hydrogens (tertiary/aromatic N) is 3. The van der Waals surface area contributed by atoms with Gasteiger partial charge in [0.05, 0.1) is 18.2 Å². The summed E-state index contributed by atoms with van der Waals surface area (Å²) >= 11 is 1.37. The second-order valence-corrected chi connectivity index (χ2v) is 8.27. The summed E-state index contributed by atoms with van der Waals surface area (Å²) in [7, 11) is 0. The van der Waals surface area contributed by atoms with Crippen LogP contribution in [0.1, 0.15) is 46.4 Å². The number of nitrogens with two attached hydrogens (primary N) is 1. The fraction of sp³-hybridized carbons (Fsp3) is 0.632. The minimum Gasteiger partial charge on any atom is -0.463 e. The average molecular weight is 439 g/mol. The third-order valence-electron chi connectivity index (χ3n) is 4.43. The van der Waals surface area contributed by atoms with Gasteiger partial charge in [-0.05, 0) is 19.3 Å². The number of aromatic nitrogens is 3. The van der Waals surface area contributed by atoms with Gasteiger partial charge in [-0.1, -0.05) is 32.5 Å². The highest BCUT2D eigenvalue weighted by Gasteiger charge is 2.31. The molecule has 1 aliphatic rings. The number of amides is 3. The highest BCUT2D eigenvalue weighted by molar-refractivity contribution is 7.99. The van der Waals surface area contributed by atoms with Gasteiger partial charge >= 0.3 is 12.0 Å². The molecular weight excluding hydrogens is 408 g/mol. The molecule has 0 radical (unpaired) electrons. The lowest BCUT2D eigenvalue weighted by Gasteiger charge is -2.28. The summed E-state index contributed by atoms with van der Waals surface area (Å²) in [5.74, 6) is 0.508. The van der Waals surface area contributed by atoms with E-state index in [0.29, 0.717) is 53.3 Å². The molecule has 0 saturated carbocycles. The molecule has 166 valence electrons. The van der Waals surface area contributed by atoms with Crippen LogP contribution >= 0.6 is 11.8 Å². The van der Waals surface area contributed by atoms with Gasteiger partial charge in [-0.25, -0.2) is 9.59 Å². The third-order valence-corrected chi connectivity index (χ3v) is 5.42. The van der Waals surface area contributed by atoms with E-state index < -0.39 is 17.9 Å². The Morgan fingerprint density at radius 2 is 2.03 bits per heavy atom. The van der Waals surface area contributed by atoms with Gasteiger partial charge in [-0.2, -0.15) is 0 Å². The molecule has 0 aliphatic carbocycles. The smallest absolute Gasteiger partial charge is 0.337 e. The second kappa shape index (κ2) is 11.0. The van der Waals surface area contributed by atoms with Crippen LogP contribution in [0.5, 0.6) is 0 Å². The fourth-order valence-corrected chi connectivity index (χ4v) is 4.04. The van der Waals surface area contributed by atoms with E-state index in [9.17, 15) is 14.4 Å². The molecule has 10 nitrogen and oxygen atoms in total. The summed E-state index contributed by atoms with van der Waals surface area (Å²) in [6.45, 7) is 8.71. The average Bonchev–Trinajstić information content (AvgIpc) is 3.05. The first-order chi connectivity index (χ1) is 14.3. The lowest BCUT2D eigenvalue weighted by atomic mass is 10.0. The van der Waals surface area contributed by atoms with Crippen LogP contribution in [-0.2, 0) is 27.3 Å². The Morgan fingerprint density at radius 1 is 1.30 bits per heavy atom. The van der Waals surface area contributed by atoms with Gasteiger partial charge in [0.2, 0.25) is 5.91 Å². The normalized spacial score (nSPS) is 16.4. The number of hydrogen-bond donors (Lipinski definition) is 3. The largest absolute Gasteiger partial charge is 0.463 e. The number of esters is 1. The number of primary amides is 1. The van der Waals surface area contributed by atoms with Crippen LogP contribution in [-0.4, -0.2) is 51.1 Å². The highest BCUT2D eigenvalue weighted by atomic mass is 32.2. The maximum Gasteiger partial charge on any atom is 0.337 e. The molecule has 4 N–H and O–H groups in total. The molecule has 1 aromatic rings.